The topological polar surface area (TPSA) is 127 Å². The number of ether oxygens (including phenoxy) is 3. The van der Waals surface area contributed by atoms with Crippen LogP contribution < -0.4 is 14.6 Å². The molecule has 0 spiro atoms. The van der Waals surface area contributed by atoms with E-state index in [0.717, 1.165) is 5.69 Å². The Kier molecular flexibility index (Phi) is 7.19. The lowest BCUT2D eigenvalue weighted by molar-refractivity contribution is -0.144. The summed E-state index contributed by atoms with van der Waals surface area (Å²) in [5, 5.41) is 5.14. The predicted molar refractivity (Wildman–Crippen MR) is 120 cm³/mol. The summed E-state index contributed by atoms with van der Waals surface area (Å²) in [5.41, 5.74) is 2.44. The standard InChI is InChI=1S/C23H24N2O7S/c1-15-12-19(16(2)25(15)17-8-10-18(11-9-17)33(24,28)29)20(26)13-32-23(27)14-31-22-7-5-4-6-21(22)30-3/h4-12H,13-14H2,1-3H3,(H2,24,28,29). The number of aryl methyl sites for hydroxylation is 1. The minimum atomic E-state index is -3.80. The third kappa shape index (κ3) is 5.60. The van der Waals surface area contributed by atoms with Crippen LogP contribution in [0.1, 0.15) is 21.7 Å². The van der Waals surface area contributed by atoms with Gasteiger partial charge < -0.3 is 18.8 Å². The highest BCUT2D eigenvalue weighted by molar-refractivity contribution is 7.89. The van der Waals surface area contributed by atoms with Crippen LogP contribution in [0, 0.1) is 13.8 Å². The number of hydrogen-bond acceptors (Lipinski definition) is 7. The maximum absolute atomic E-state index is 12.7. The van der Waals surface area contributed by atoms with Crippen molar-refractivity contribution in [3.8, 4) is 17.2 Å². The lowest BCUT2D eigenvalue weighted by atomic mass is 10.1. The number of aromatic nitrogens is 1. The zero-order chi connectivity index (χ0) is 24.2. The normalized spacial score (nSPS) is 11.2. The second-order valence-electron chi connectivity index (χ2n) is 7.18. The van der Waals surface area contributed by atoms with Crippen LogP contribution in [0.15, 0.2) is 59.5 Å². The maximum atomic E-state index is 12.7. The molecule has 0 unspecified atom stereocenters. The molecule has 1 heterocycles. The van der Waals surface area contributed by atoms with E-state index >= 15 is 0 Å². The van der Waals surface area contributed by atoms with Gasteiger partial charge in [0.15, 0.2) is 24.7 Å². The SMILES string of the molecule is COc1ccccc1OCC(=O)OCC(=O)c1cc(C)n(-c2ccc(S(N)(=O)=O)cc2)c1C. The van der Waals surface area contributed by atoms with Gasteiger partial charge in [-0.1, -0.05) is 12.1 Å². The number of nitrogens with two attached hydrogens (primary N) is 1. The lowest BCUT2D eigenvalue weighted by Gasteiger charge is -2.11. The highest BCUT2D eigenvalue weighted by Crippen LogP contribution is 2.26. The van der Waals surface area contributed by atoms with E-state index in [-0.39, 0.29) is 17.3 Å². The molecule has 3 rings (SSSR count). The average molecular weight is 473 g/mol. The Morgan fingerprint density at radius 2 is 1.61 bits per heavy atom. The number of benzene rings is 2. The van der Waals surface area contributed by atoms with Crippen LogP contribution in [0.5, 0.6) is 11.5 Å². The molecule has 0 atom stereocenters. The predicted octanol–water partition coefficient (Wildman–Crippen LogP) is 2.56. The van der Waals surface area contributed by atoms with Crippen molar-refractivity contribution in [2.24, 2.45) is 5.14 Å². The number of primary sulfonamides is 1. The molecule has 0 aliphatic carbocycles. The molecule has 2 aromatic carbocycles. The number of rotatable bonds is 9. The Morgan fingerprint density at radius 1 is 0.970 bits per heavy atom. The molecule has 0 bridgehead atoms. The van der Waals surface area contributed by atoms with Crippen LogP contribution in [0.25, 0.3) is 5.69 Å². The molecule has 9 nitrogen and oxygen atoms in total. The third-order valence-electron chi connectivity index (χ3n) is 4.93. The Balaban J connectivity index is 1.65. The maximum Gasteiger partial charge on any atom is 0.344 e. The number of sulfonamides is 1. The molecule has 33 heavy (non-hydrogen) atoms. The van der Waals surface area contributed by atoms with Crippen LogP contribution in [-0.4, -0.2) is 45.1 Å². The molecule has 0 aliphatic heterocycles. The quantitative estimate of drug-likeness (QED) is 0.374. The van der Waals surface area contributed by atoms with E-state index in [1.165, 1.54) is 19.2 Å². The van der Waals surface area contributed by atoms with Crippen molar-refractivity contribution in [2.45, 2.75) is 18.7 Å². The van der Waals surface area contributed by atoms with Gasteiger partial charge in [0.1, 0.15) is 0 Å². The van der Waals surface area contributed by atoms with Gasteiger partial charge in [0.2, 0.25) is 15.8 Å². The third-order valence-corrected chi connectivity index (χ3v) is 5.86. The van der Waals surface area contributed by atoms with E-state index in [9.17, 15) is 18.0 Å². The summed E-state index contributed by atoms with van der Waals surface area (Å²) < 4.78 is 40.3. The number of ketones is 1. The summed E-state index contributed by atoms with van der Waals surface area (Å²) in [6.07, 6.45) is 0. The monoisotopic (exact) mass is 472 g/mol. The van der Waals surface area contributed by atoms with E-state index in [1.54, 1.807) is 54.0 Å². The fraction of sp³-hybridized carbons (Fsp3) is 0.217. The molecule has 1 aromatic heterocycles. The van der Waals surface area contributed by atoms with E-state index in [1.807, 2.05) is 6.92 Å². The van der Waals surface area contributed by atoms with Crippen LogP contribution in [0.3, 0.4) is 0 Å². The number of esters is 1. The Morgan fingerprint density at radius 3 is 2.21 bits per heavy atom. The first-order valence-electron chi connectivity index (χ1n) is 9.88. The molecular weight excluding hydrogens is 448 g/mol. The Hall–Kier alpha value is -3.63. The van der Waals surface area contributed by atoms with Crippen molar-refractivity contribution in [1.29, 1.82) is 0 Å². The van der Waals surface area contributed by atoms with Crippen molar-refractivity contribution >= 4 is 21.8 Å². The fourth-order valence-electron chi connectivity index (χ4n) is 3.37. The second-order valence-corrected chi connectivity index (χ2v) is 8.74. The molecule has 174 valence electrons. The molecule has 0 radical (unpaired) electrons. The molecule has 0 fully saturated rings. The van der Waals surface area contributed by atoms with E-state index in [0.29, 0.717) is 28.4 Å². The van der Waals surface area contributed by atoms with Crippen molar-refractivity contribution in [3.05, 3.63) is 71.5 Å². The summed E-state index contributed by atoms with van der Waals surface area (Å²) in [4.78, 5) is 24.7. The van der Waals surface area contributed by atoms with Gasteiger partial charge in [-0.15, -0.1) is 0 Å². The average Bonchev–Trinajstić information content (AvgIpc) is 3.09. The molecule has 3 aromatic rings. The number of Topliss-reactive ketones (excluding diaryl/α,β-unsaturated/α-hetero) is 1. The summed E-state index contributed by atoms with van der Waals surface area (Å²) in [6.45, 7) is 2.75. The summed E-state index contributed by atoms with van der Waals surface area (Å²) in [5.74, 6) is -0.200. The number of carbonyl (C=O) groups excluding carboxylic acids is 2. The van der Waals surface area contributed by atoms with E-state index in [4.69, 9.17) is 19.3 Å². The molecule has 10 heteroatoms. The minimum absolute atomic E-state index is 0.00716. The number of carbonyl (C=O) groups is 2. The molecule has 0 amide bonds. The van der Waals surface area contributed by atoms with Crippen LogP contribution in [0.4, 0.5) is 0 Å². The summed E-state index contributed by atoms with van der Waals surface area (Å²) in [6, 6.07) is 14.5. The largest absolute Gasteiger partial charge is 0.493 e. The first-order valence-corrected chi connectivity index (χ1v) is 11.4. The molecule has 0 saturated carbocycles. The highest BCUT2D eigenvalue weighted by Gasteiger charge is 2.19. The Labute approximate surface area is 191 Å². The first-order chi connectivity index (χ1) is 15.6. The van der Waals surface area contributed by atoms with Crippen LogP contribution in [-0.2, 0) is 19.6 Å². The van der Waals surface area contributed by atoms with Gasteiger partial charge in [-0.2, -0.15) is 0 Å². The zero-order valence-corrected chi connectivity index (χ0v) is 19.2. The number of para-hydroxylation sites is 2. The molecule has 0 aliphatic rings. The van der Waals surface area contributed by atoms with Crippen molar-refractivity contribution in [2.75, 3.05) is 20.3 Å². The van der Waals surface area contributed by atoms with Crippen LogP contribution >= 0.6 is 0 Å². The molecular formula is C23H24N2O7S. The second kappa shape index (κ2) is 9.88. The molecule has 0 saturated heterocycles. The fourth-order valence-corrected chi connectivity index (χ4v) is 3.88. The van der Waals surface area contributed by atoms with Crippen molar-refractivity contribution in [3.63, 3.8) is 0 Å². The van der Waals surface area contributed by atoms with Gasteiger partial charge in [0.25, 0.3) is 0 Å². The zero-order valence-electron chi connectivity index (χ0n) is 18.4. The van der Waals surface area contributed by atoms with Gasteiger partial charge >= 0.3 is 5.97 Å². The van der Waals surface area contributed by atoms with Gasteiger partial charge in [0.05, 0.1) is 12.0 Å². The highest BCUT2D eigenvalue weighted by atomic mass is 32.2. The van der Waals surface area contributed by atoms with Crippen molar-refractivity contribution in [1.82, 2.24) is 4.57 Å². The number of nitrogens with zero attached hydrogens (tertiary/aromatic N) is 1. The van der Waals surface area contributed by atoms with Gasteiger partial charge in [0, 0.05) is 22.6 Å². The lowest BCUT2D eigenvalue weighted by Crippen LogP contribution is -2.20. The van der Waals surface area contributed by atoms with Crippen molar-refractivity contribution < 1.29 is 32.2 Å². The van der Waals surface area contributed by atoms with Gasteiger partial charge in [-0.3, -0.25) is 4.79 Å². The first kappa shape index (κ1) is 24.0. The van der Waals surface area contributed by atoms with Gasteiger partial charge in [-0.05, 0) is 56.3 Å². The van der Waals surface area contributed by atoms with E-state index in [2.05, 4.69) is 0 Å². The molecule has 2 N–H and O–H groups in total. The number of hydrogen-bond donors (Lipinski definition) is 1. The number of methoxy groups -OCH3 is 1. The summed E-state index contributed by atoms with van der Waals surface area (Å²) >= 11 is 0. The smallest absolute Gasteiger partial charge is 0.344 e. The summed E-state index contributed by atoms with van der Waals surface area (Å²) in [7, 11) is -2.31. The van der Waals surface area contributed by atoms with E-state index < -0.39 is 22.6 Å². The van der Waals surface area contributed by atoms with Crippen LogP contribution in [0.2, 0.25) is 0 Å². The Bertz CT molecular complexity index is 1280. The minimum Gasteiger partial charge on any atom is -0.493 e. The van der Waals surface area contributed by atoms with Gasteiger partial charge in [-0.25, -0.2) is 18.4 Å².